The molecular weight excluding hydrogens is 499 g/mol. The number of hydrogen-bond acceptors (Lipinski definition) is 4. The van der Waals surface area contributed by atoms with Crippen LogP contribution in [0.1, 0.15) is 117 Å². The Balaban J connectivity index is 0. The molecule has 1 heterocycles. The van der Waals surface area contributed by atoms with Gasteiger partial charge in [-0.2, -0.15) is 9.97 Å². The average Bonchev–Trinajstić information content (AvgIpc) is 2.92. The smallest absolute Gasteiger partial charge is 0.317 e. The molecule has 1 aromatic carbocycles. The van der Waals surface area contributed by atoms with Gasteiger partial charge in [-0.25, -0.2) is 4.39 Å². The van der Waals surface area contributed by atoms with Gasteiger partial charge in [-0.3, -0.25) is 0 Å². The number of allylic oxidation sites excluding steroid dienone is 2. The number of unbranched alkanes of at least 4 members (excludes halogenated alkanes) is 3. The summed E-state index contributed by atoms with van der Waals surface area (Å²) in [5.41, 5.74) is 3.83. The number of halogens is 1. The van der Waals surface area contributed by atoms with E-state index in [2.05, 4.69) is 43.4 Å². The van der Waals surface area contributed by atoms with Crippen molar-refractivity contribution in [3.05, 3.63) is 75.6 Å². The van der Waals surface area contributed by atoms with Crippen LogP contribution in [0.5, 0.6) is 6.01 Å². The third-order valence-electron chi connectivity index (χ3n) is 5.79. The lowest BCUT2D eigenvalue weighted by molar-refractivity contribution is 0.220. The van der Waals surface area contributed by atoms with Gasteiger partial charge in [0.15, 0.2) is 0 Å². The highest BCUT2D eigenvalue weighted by Crippen LogP contribution is 2.29. The van der Waals surface area contributed by atoms with E-state index >= 15 is 0 Å². The Morgan fingerprint density at radius 2 is 1.73 bits per heavy atom. The highest BCUT2D eigenvalue weighted by Gasteiger charge is 2.21. The zero-order chi connectivity index (χ0) is 31.1. The summed E-state index contributed by atoms with van der Waals surface area (Å²) in [5, 5.41) is 10.1. The van der Waals surface area contributed by atoms with Crippen LogP contribution in [0, 0.1) is 13.8 Å². The molecule has 0 amide bonds. The maximum absolute atomic E-state index is 13.7. The molecule has 5 heteroatoms. The van der Waals surface area contributed by atoms with Crippen LogP contribution in [0.25, 0.3) is 12.2 Å². The second-order valence-electron chi connectivity index (χ2n) is 9.81. The van der Waals surface area contributed by atoms with Crippen LogP contribution in [-0.2, 0) is 12.1 Å². The number of benzene rings is 1. The first-order chi connectivity index (χ1) is 19.0. The van der Waals surface area contributed by atoms with Crippen LogP contribution in [0.15, 0.2) is 42.7 Å². The van der Waals surface area contributed by atoms with E-state index in [1.165, 1.54) is 24.8 Å². The lowest BCUT2D eigenvalue weighted by Crippen LogP contribution is -2.32. The molecule has 0 spiro atoms. The van der Waals surface area contributed by atoms with E-state index in [-0.39, 0.29) is 0 Å². The Morgan fingerprint density at radius 1 is 1.07 bits per heavy atom. The molecule has 0 aliphatic carbocycles. The number of hydrogen-bond donors (Lipinski definition) is 1. The van der Waals surface area contributed by atoms with Crippen LogP contribution < -0.4 is 15.3 Å². The minimum Gasteiger partial charge on any atom is -0.516 e. The van der Waals surface area contributed by atoms with Crippen molar-refractivity contribution in [1.29, 1.82) is 0 Å². The molecule has 0 unspecified atom stereocenters. The van der Waals surface area contributed by atoms with Crippen LogP contribution in [-0.4, -0.2) is 21.7 Å². The number of aliphatic hydroxyl groups excluding tert-OH is 1. The van der Waals surface area contributed by atoms with E-state index in [0.717, 1.165) is 58.5 Å². The quantitative estimate of drug-likeness (QED) is 0.234. The molecule has 0 aliphatic heterocycles. The van der Waals surface area contributed by atoms with Crippen LogP contribution in [0.4, 0.5) is 4.39 Å². The van der Waals surface area contributed by atoms with Crippen molar-refractivity contribution in [2.45, 2.75) is 120 Å². The number of aryl methyl sites for hydroxylation is 2. The molecule has 1 aromatic heterocycles. The Kier molecular flexibility index (Phi) is 22.4. The molecule has 40 heavy (non-hydrogen) atoms. The summed E-state index contributed by atoms with van der Waals surface area (Å²) in [6.07, 6.45) is 13.5. The fraction of sp³-hybridized carbons (Fsp3) is 0.543. The van der Waals surface area contributed by atoms with Crippen LogP contribution in [0.2, 0.25) is 0 Å². The molecule has 2 aromatic rings. The third kappa shape index (κ3) is 16.2. The predicted molar refractivity (Wildman–Crippen MR) is 173 cm³/mol. The van der Waals surface area contributed by atoms with Gasteiger partial charge in [0.05, 0.1) is 23.9 Å². The number of aromatic nitrogens is 2. The third-order valence-corrected chi connectivity index (χ3v) is 5.79. The topological polar surface area (TPSA) is 55.2 Å². The van der Waals surface area contributed by atoms with E-state index in [4.69, 9.17) is 9.84 Å². The van der Waals surface area contributed by atoms with Gasteiger partial charge < -0.3 is 9.84 Å². The van der Waals surface area contributed by atoms with Gasteiger partial charge >= 0.3 is 6.01 Å². The molecule has 1 N–H and O–H groups in total. The monoisotopic (exact) mass is 556 g/mol. The molecule has 0 aliphatic rings. The molecule has 0 bridgehead atoms. The minimum atomic E-state index is -1.23. The van der Waals surface area contributed by atoms with Gasteiger partial charge in [0.1, 0.15) is 5.67 Å². The van der Waals surface area contributed by atoms with Crippen molar-refractivity contribution in [2.24, 2.45) is 0 Å². The van der Waals surface area contributed by atoms with E-state index < -0.39 is 5.67 Å². The first-order valence-corrected chi connectivity index (χ1v) is 14.8. The molecule has 226 valence electrons. The molecule has 0 radical (unpaired) electrons. The summed E-state index contributed by atoms with van der Waals surface area (Å²) in [5.74, 6) is 0. The highest BCUT2D eigenvalue weighted by atomic mass is 19.1. The molecule has 0 saturated heterocycles. The van der Waals surface area contributed by atoms with Gasteiger partial charge in [0.25, 0.3) is 0 Å². The van der Waals surface area contributed by atoms with Crippen molar-refractivity contribution in [2.75, 3.05) is 6.61 Å². The van der Waals surface area contributed by atoms with Crippen molar-refractivity contribution < 1.29 is 14.2 Å². The van der Waals surface area contributed by atoms with Gasteiger partial charge in [-0.1, -0.05) is 90.0 Å². The Morgan fingerprint density at radius 3 is 2.20 bits per heavy atom. The lowest BCUT2D eigenvalue weighted by Gasteiger charge is -2.19. The summed E-state index contributed by atoms with van der Waals surface area (Å²) in [6, 6.07) is 6.32. The molecule has 4 nitrogen and oxygen atoms in total. The fourth-order valence-electron chi connectivity index (χ4n) is 3.78. The summed E-state index contributed by atoms with van der Waals surface area (Å²) in [4.78, 5) is 8.73. The first-order valence-electron chi connectivity index (χ1n) is 14.8. The summed E-state index contributed by atoms with van der Waals surface area (Å²) >= 11 is 0. The standard InChI is InChI=1S/C14H20N2O.C12H17F.C7H14O.C2H6/c1-6-8-17-14-15-11(5)12(9-10(3)4)13(7-2)16-14;1-5-10-7-6-8-11(9(10)2)12(3,4)13;1-2-3-4-5-6-7-8;1-2/h7,9H,3,6,8H2,1-2,4-5H3;6-8H,5H2,1-4H3;6-8H,2-5H2,1H3;1-2H3/b12-9-,13-7+;;7-6-;. The molecule has 0 fully saturated rings. The maximum Gasteiger partial charge on any atom is 0.317 e. The van der Waals surface area contributed by atoms with Crippen molar-refractivity contribution in [3.8, 4) is 6.01 Å². The number of alkyl halides is 1. The number of rotatable bonds is 10. The van der Waals surface area contributed by atoms with Crippen molar-refractivity contribution in [3.63, 3.8) is 0 Å². The Bertz CT molecular complexity index is 1120. The largest absolute Gasteiger partial charge is 0.516 e. The van der Waals surface area contributed by atoms with Crippen LogP contribution >= 0.6 is 0 Å². The average molecular weight is 557 g/mol. The van der Waals surface area contributed by atoms with Gasteiger partial charge in [-0.15, -0.1) is 0 Å². The Hall–Kier alpha value is -2.95. The number of nitrogens with zero attached hydrogens (tertiary/aromatic N) is 2. The van der Waals surface area contributed by atoms with Crippen LogP contribution in [0.3, 0.4) is 0 Å². The summed E-state index contributed by atoms with van der Waals surface area (Å²) < 4.78 is 19.2. The van der Waals surface area contributed by atoms with Crippen molar-refractivity contribution in [1.82, 2.24) is 9.97 Å². The molecule has 0 atom stereocenters. The van der Waals surface area contributed by atoms with E-state index in [1.54, 1.807) is 19.9 Å². The summed E-state index contributed by atoms with van der Waals surface area (Å²) in [7, 11) is 0. The number of ether oxygens (including phenoxy) is 1. The second kappa shape index (κ2) is 22.8. The van der Waals surface area contributed by atoms with E-state index in [1.807, 2.05) is 65.8 Å². The Labute approximate surface area is 244 Å². The second-order valence-corrected chi connectivity index (χ2v) is 9.81. The van der Waals surface area contributed by atoms with Gasteiger partial charge in [0, 0.05) is 5.22 Å². The van der Waals surface area contributed by atoms with Gasteiger partial charge in [-0.05, 0) is 90.0 Å². The molecule has 2 rings (SSSR count). The zero-order valence-corrected chi connectivity index (χ0v) is 27.3. The SMILES string of the molecule is C=C(C)/C=c1/c(C)nc(OCCC)n/c1=C/C.CC.CCCCC/C=C\O.CCc1cccc(C(C)(C)F)c1C. The van der Waals surface area contributed by atoms with Crippen molar-refractivity contribution >= 4 is 12.2 Å². The first kappa shape index (κ1) is 39.2. The fourth-order valence-corrected chi connectivity index (χ4v) is 3.78. The van der Waals surface area contributed by atoms with Gasteiger partial charge in [0.2, 0.25) is 0 Å². The van der Waals surface area contributed by atoms with E-state index in [9.17, 15) is 4.39 Å². The number of aliphatic hydroxyl groups is 1. The molecule has 0 saturated carbocycles. The lowest BCUT2D eigenvalue weighted by atomic mass is 9.91. The maximum atomic E-state index is 13.7. The zero-order valence-electron chi connectivity index (χ0n) is 27.3. The highest BCUT2D eigenvalue weighted by molar-refractivity contribution is 5.45. The minimum absolute atomic E-state index is 0.455. The normalized spacial score (nSPS) is 11.6. The summed E-state index contributed by atoms with van der Waals surface area (Å²) in [6.45, 7) is 25.9. The van der Waals surface area contributed by atoms with E-state index in [0.29, 0.717) is 12.6 Å². The molecular formula is C35H57FN2O2. The predicted octanol–water partition coefficient (Wildman–Crippen LogP) is 9.16.